The molecule has 0 aliphatic rings. The third-order valence-electron chi connectivity index (χ3n) is 2.68. The van der Waals surface area contributed by atoms with Crippen LogP contribution in [0.2, 0.25) is 0 Å². The lowest BCUT2D eigenvalue weighted by atomic mass is 9.89. The summed E-state index contributed by atoms with van der Waals surface area (Å²) in [6.45, 7) is 8.27. The molecule has 4 heteroatoms. The second-order valence-corrected chi connectivity index (χ2v) is 5.13. The molecule has 0 aromatic heterocycles. The highest BCUT2D eigenvalue weighted by Gasteiger charge is 2.20. The zero-order chi connectivity index (χ0) is 13.6. The fourth-order valence-electron chi connectivity index (χ4n) is 1.10. The monoisotopic (exact) mass is 245 g/mol. The van der Waals surface area contributed by atoms with Crippen molar-refractivity contribution in [3.8, 4) is 11.9 Å². The predicted molar refractivity (Wildman–Crippen MR) is 72.2 cm³/mol. The summed E-state index contributed by atoms with van der Waals surface area (Å²) in [5.41, 5.74) is 0.0163. The number of rotatable bonds is 2. The van der Waals surface area contributed by atoms with Gasteiger partial charge in [-0.1, -0.05) is 39.0 Å². The van der Waals surface area contributed by atoms with Crippen molar-refractivity contribution in [3.63, 3.8) is 0 Å². The van der Waals surface area contributed by atoms with Crippen molar-refractivity contribution in [2.24, 2.45) is 10.4 Å². The summed E-state index contributed by atoms with van der Waals surface area (Å²) in [5, 5.41) is 11.2. The van der Waals surface area contributed by atoms with Gasteiger partial charge in [0.25, 0.3) is 0 Å². The lowest BCUT2D eigenvalue weighted by molar-refractivity contribution is 0.335. The standard InChI is InChI=1S/C14H19N3O/c1-11(14(2,3)4)17-13(16-10-15)18-12-8-6-5-7-9-12/h5-9,11H,1-4H3,(H,16,17). The minimum absolute atomic E-state index is 0.0163. The summed E-state index contributed by atoms with van der Waals surface area (Å²) in [4.78, 5) is 4.39. The third-order valence-corrected chi connectivity index (χ3v) is 2.68. The number of ether oxygens (including phenoxy) is 1. The highest BCUT2D eigenvalue weighted by molar-refractivity contribution is 5.77. The molecule has 0 aliphatic heterocycles. The smallest absolute Gasteiger partial charge is 0.304 e. The fourth-order valence-corrected chi connectivity index (χ4v) is 1.10. The lowest BCUT2D eigenvalue weighted by Gasteiger charge is -2.24. The van der Waals surface area contributed by atoms with E-state index in [0.29, 0.717) is 5.75 Å². The molecule has 0 fully saturated rings. The van der Waals surface area contributed by atoms with Crippen molar-refractivity contribution in [1.82, 2.24) is 5.32 Å². The van der Waals surface area contributed by atoms with E-state index < -0.39 is 0 Å². The molecule has 0 amide bonds. The summed E-state index contributed by atoms with van der Waals surface area (Å²) < 4.78 is 5.54. The Morgan fingerprint density at radius 2 is 1.94 bits per heavy atom. The molecule has 0 bridgehead atoms. The summed E-state index contributed by atoms with van der Waals surface area (Å²) in [7, 11) is 0. The molecule has 1 aromatic rings. The molecule has 0 heterocycles. The molecular formula is C14H19N3O. The molecule has 96 valence electrons. The molecular weight excluding hydrogens is 226 g/mol. The van der Waals surface area contributed by atoms with E-state index >= 15 is 0 Å². The van der Waals surface area contributed by atoms with Gasteiger partial charge in [-0.2, -0.15) is 5.26 Å². The molecule has 1 rings (SSSR count). The van der Waals surface area contributed by atoms with Gasteiger partial charge in [0, 0.05) is 0 Å². The maximum absolute atomic E-state index is 8.71. The van der Waals surface area contributed by atoms with E-state index in [1.807, 2.05) is 43.4 Å². The molecule has 1 N–H and O–H groups in total. The number of para-hydroxylation sites is 1. The molecule has 4 nitrogen and oxygen atoms in total. The number of aliphatic imine (C=N–C) groups is 1. The number of nitrogens with zero attached hydrogens (tertiary/aromatic N) is 2. The van der Waals surface area contributed by atoms with E-state index in [0.717, 1.165) is 0 Å². The highest BCUT2D eigenvalue weighted by atomic mass is 16.5. The van der Waals surface area contributed by atoms with Crippen LogP contribution in [0.5, 0.6) is 5.75 Å². The Labute approximate surface area is 108 Å². The van der Waals surface area contributed by atoms with Crippen LogP contribution in [0.3, 0.4) is 0 Å². The quantitative estimate of drug-likeness (QED) is 0.377. The summed E-state index contributed by atoms with van der Waals surface area (Å²) in [6.07, 6.45) is 1.84. The van der Waals surface area contributed by atoms with E-state index in [9.17, 15) is 0 Å². The van der Waals surface area contributed by atoms with Crippen LogP contribution >= 0.6 is 0 Å². The number of nitrogens with one attached hydrogen (secondary N) is 1. The van der Waals surface area contributed by atoms with Crippen LogP contribution in [-0.4, -0.2) is 12.1 Å². The zero-order valence-corrected chi connectivity index (χ0v) is 11.3. The topological polar surface area (TPSA) is 57.4 Å². The van der Waals surface area contributed by atoms with Gasteiger partial charge in [0.1, 0.15) is 5.75 Å². The highest BCUT2D eigenvalue weighted by Crippen LogP contribution is 2.21. The number of nitriles is 1. The largest absolute Gasteiger partial charge is 0.425 e. The van der Waals surface area contributed by atoms with E-state index in [1.54, 1.807) is 0 Å². The van der Waals surface area contributed by atoms with Crippen molar-refractivity contribution in [2.75, 3.05) is 0 Å². The number of benzene rings is 1. The van der Waals surface area contributed by atoms with Gasteiger partial charge in [-0.05, 0) is 24.5 Å². The average molecular weight is 245 g/mol. The van der Waals surface area contributed by atoms with Gasteiger partial charge in [0.2, 0.25) is 0 Å². The molecule has 0 aliphatic carbocycles. The molecule has 0 saturated heterocycles. The van der Waals surface area contributed by atoms with Crippen molar-refractivity contribution in [3.05, 3.63) is 30.3 Å². The molecule has 0 spiro atoms. The lowest BCUT2D eigenvalue weighted by Crippen LogP contribution is -2.30. The second-order valence-electron chi connectivity index (χ2n) is 5.13. The minimum Gasteiger partial charge on any atom is -0.425 e. The Balaban J connectivity index is 2.84. The van der Waals surface area contributed by atoms with Crippen LogP contribution in [0.25, 0.3) is 0 Å². The first-order valence-electron chi connectivity index (χ1n) is 5.89. The molecule has 1 atom stereocenters. The third kappa shape index (κ3) is 4.46. The molecule has 0 radical (unpaired) electrons. The normalized spacial score (nSPS) is 13.6. The summed E-state index contributed by atoms with van der Waals surface area (Å²) in [5.74, 6) is 0.653. The van der Waals surface area contributed by atoms with Crippen LogP contribution in [-0.2, 0) is 0 Å². The number of amidine groups is 1. The number of hydrogen-bond acceptors (Lipinski definition) is 3. The maximum atomic E-state index is 8.71. The van der Waals surface area contributed by atoms with Crippen molar-refractivity contribution >= 4 is 6.02 Å². The first-order valence-corrected chi connectivity index (χ1v) is 5.89. The zero-order valence-electron chi connectivity index (χ0n) is 11.3. The van der Waals surface area contributed by atoms with Crippen molar-refractivity contribution in [2.45, 2.75) is 33.7 Å². The van der Waals surface area contributed by atoms with Gasteiger partial charge in [0.05, 0.1) is 6.04 Å². The summed E-state index contributed by atoms with van der Waals surface area (Å²) >= 11 is 0. The first-order chi connectivity index (χ1) is 8.43. The minimum atomic E-state index is 0.0163. The van der Waals surface area contributed by atoms with E-state index in [4.69, 9.17) is 10.00 Å². The Bertz CT molecular complexity index is 440. The van der Waals surface area contributed by atoms with Gasteiger partial charge < -0.3 is 4.74 Å². The maximum Gasteiger partial charge on any atom is 0.304 e. The fraction of sp³-hybridized carbons (Fsp3) is 0.429. The first kappa shape index (κ1) is 14.0. The Morgan fingerprint density at radius 3 is 2.44 bits per heavy atom. The Kier molecular flexibility index (Phi) is 4.73. The van der Waals surface area contributed by atoms with Crippen LogP contribution in [0.1, 0.15) is 27.7 Å². The van der Waals surface area contributed by atoms with Gasteiger partial charge in [0.15, 0.2) is 6.19 Å². The van der Waals surface area contributed by atoms with Gasteiger partial charge in [-0.3, -0.25) is 0 Å². The van der Waals surface area contributed by atoms with E-state index in [-0.39, 0.29) is 17.5 Å². The van der Waals surface area contributed by atoms with Crippen LogP contribution in [0.4, 0.5) is 0 Å². The van der Waals surface area contributed by atoms with E-state index in [2.05, 4.69) is 31.1 Å². The SMILES string of the molecule is CC(N=C(NC#N)Oc1ccccc1)C(C)(C)C. The van der Waals surface area contributed by atoms with Crippen LogP contribution in [0.15, 0.2) is 35.3 Å². The number of hydrogen-bond donors (Lipinski definition) is 1. The predicted octanol–water partition coefficient (Wildman–Crippen LogP) is 2.93. The van der Waals surface area contributed by atoms with Gasteiger partial charge in [-0.25, -0.2) is 10.3 Å². The Hall–Kier alpha value is -2.02. The molecule has 1 unspecified atom stereocenters. The molecule has 0 saturated carbocycles. The Morgan fingerprint density at radius 1 is 1.33 bits per heavy atom. The molecule has 18 heavy (non-hydrogen) atoms. The van der Waals surface area contributed by atoms with E-state index in [1.165, 1.54) is 0 Å². The second kappa shape index (κ2) is 6.06. The van der Waals surface area contributed by atoms with Gasteiger partial charge in [-0.15, -0.1) is 0 Å². The average Bonchev–Trinajstić information content (AvgIpc) is 2.29. The van der Waals surface area contributed by atoms with Crippen LogP contribution in [0, 0.1) is 16.9 Å². The summed E-state index contributed by atoms with van der Waals surface area (Å²) in [6, 6.07) is 9.54. The van der Waals surface area contributed by atoms with Crippen molar-refractivity contribution in [1.29, 1.82) is 5.26 Å². The molecule has 1 aromatic carbocycles. The van der Waals surface area contributed by atoms with Gasteiger partial charge >= 0.3 is 6.02 Å². The van der Waals surface area contributed by atoms with Crippen molar-refractivity contribution < 1.29 is 4.74 Å². The van der Waals surface area contributed by atoms with Crippen LogP contribution < -0.4 is 10.1 Å².